The molecule has 9 heteroatoms. The van der Waals surface area contributed by atoms with E-state index in [1.807, 2.05) is 0 Å². The summed E-state index contributed by atoms with van der Waals surface area (Å²) in [6.45, 7) is 4.62. The lowest BCUT2D eigenvalue weighted by Gasteiger charge is -2.30. The summed E-state index contributed by atoms with van der Waals surface area (Å²) < 4.78 is 31.4. The van der Waals surface area contributed by atoms with Crippen molar-refractivity contribution in [1.82, 2.24) is 9.24 Å². The molecule has 0 amide bonds. The molecule has 2 fully saturated rings. The summed E-state index contributed by atoms with van der Waals surface area (Å²) >= 11 is 0. The van der Waals surface area contributed by atoms with Crippen molar-refractivity contribution in [2.45, 2.75) is 51.1 Å². The van der Waals surface area contributed by atoms with Crippen molar-refractivity contribution in [3.63, 3.8) is 0 Å². The number of hydrogen-bond acceptors (Lipinski definition) is 5. The SMILES string of the molecule is Cc1c(N2CC(C(C)(C)N)C(F)(F)C2)ccc2c(=O)n(N)c(=O)n(C3CC3)c12. The van der Waals surface area contributed by atoms with Gasteiger partial charge >= 0.3 is 5.69 Å². The van der Waals surface area contributed by atoms with Crippen LogP contribution in [-0.4, -0.2) is 33.8 Å². The van der Waals surface area contributed by atoms with E-state index in [2.05, 4.69) is 0 Å². The Morgan fingerprint density at radius 3 is 2.39 bits per heavy atom. The van der Waals surface area contributed by atoms with E-state index in [0.717, 1.165) is 12.8 Å². The van der Waals surface area contributed by atoms with Crippen LogP contribution in [0.4, 0.5) is 14.5 Å². The van der Waals surface area contributed by atoms with E-state index in [1.54, 1.807) is 37.8 Å². The van der Waals surface area contributed by atoms with E-state index in [0.29, 0.717) is 26.8 Å². The molecule has 1 aliphatic carbocycles. The Labute approximate surface area is 160 Å². The molecular formula is C19H25F2N5O2. The van der Waals surface area contributed by atoms with Crippen LogP contribution in [0, 0.1) is 12.8 Å². The lowest BCUT2D eigenvalue weighted by atomic mass is 9.85. The zero-order valence-corrected chi connectivity index (χ0v) is 16.2. The lowest BCUT2D eigenvalue weighted by molar-refractivity contribution is -0.0432. The highest BCUT2D eigenvalue weighted by molar-refractivity contribution is 5.87. The van der Waals surface area contributed by atoms with E-state index in [1.165, 1.54) is 4.57 Å². The fourth-order valence-corrected chi connectivity index (χ4v) is 4.36. The first-order valence-electron chi connectivity index (χ1n) is 9.41. The van der Waals surface area contributed by atoms with Gasteiger partial charge in [0.1, 0.15) is 0 Å². The molecule has 1 saturated carbocycles. The summed E-state index contributed by atoms with van der Waals surface area (Å²) in [6.07, 6.45) is 1.64. The highest BCUT2D eigenvalue weighted by Gasteiger charge is 2.53. The van der Waals surface area contributed by atoms with Gasteiger partial charge < -0.3 is 16.5 Å². The Hall–Kier alpha value is -2.42. The Morgan fingerprint density at radius 1 is 1.21 bits per heavy atom. The molecule has 1 aliphatic heterocycles. The molecule has 0 bridgehead atoms. The third kappa shape index (κ3) is 2.71. The molecule has 152 valence electrons. The number of fused-ring (bicyclic) bond motifs is 1. The molecule has 1 saturated heterocycles. The normalized spacial score (nSPS) is 22.2. The van der Waals surface area contributed by atoms with E-state index < -0.39 is 35.2 Å². The maximum Gasteiger partial charge on any atom is 0.350 e. The zero-order chi connectivity index (χ0) is 20.6. The molecule has 2 aliphatic rings. The largest absolute Gasteiger partial charge is 0.365 e. The third-order valence-electron chi connectivity index (χ3n) is 5.97. The minimum atomic E-state index is -2.93. The van der Waals surface area contributed by atoms with Gasteiger partial charge in [0.15, 0.2) is 0 Å². The Morgan fingerprint density at radius 2 is 1.86 bits per heavy atom. The van der Waals surface area contributed by atoms with Gasteiger partial charge in [0.25, 0.3) is 11.5 Å². The van der Waals surface area contributed by atoms with Gasteiger partial charge in [0, 0.05) is 23.8 Å². The fourth-order valence-electron chi connectivity index (χ4n) is 4.36. The van der Waals surface area contributed by atoms with Crippen molar-refractivity contribution in [3.05, 3.63) is 38.5 Å². The van der Waals surface area contributed by atoms with Crippen LogP contribution in [0.15, 0.2) is 21.7 Å². The molecule has 1 atom stereocenters. The minimum Gasteiger partial charge on any atom is -0.365 e. The molecule has 2 heterocycles. The molecular weight excluding hydrogens is 368 g/mol. The highest BCUT2D eigenvalue weighted by atomic mass is 19.3. The molecule has 1 unspecified atom stereocenters. The van der Waals surface area contributed by atoms with Crippen LogP contribution in [0.25, 0.3) is 10.9 Å². The Balaban J connectivity index is 1.90. The first kappa shape index (κ1) is 18.9. The summed E-state index contributed by atoms with van der Waals surface area (Å²) in [5.41, 5.74) is 5.51. The van der Waals surface area contributed by atoms with Crippen LogP contribution in [0.2, 0.25) is 0 Å². The first-order chi connectivity index (χ1) is 12.9. The number of hydrogen-bond donors (Lipinski definition) is 2. The van der Waals surface area contributed by atoms with Crippen LogP contribution in [-0.2, 0) is 0 Å². The molecule has 1 aromatic carbocycles. The predicted octanol–water partition coefficient (Wildman–Crippen LogP) is 1.33. The molecule has 4 rings (SSSR count). The molecule has 0 spiro atoms. The second-order valence-corrected chi connectivity index (χ2v) is 8.68. The van der Waals surface area contributed by atoms with Gasteiger partial charge in [0.2, 0.25) is 0 Å². The maximum absolute atomic E-state index is 14.6. The van der Waals surface area contributed by atoms with Crippen LogP contribution in [0.5, 0.6) is 0 Å². The Kier molecular flexibility index (Phi) is 3.91. The number of alkyl halides is 2. The quantitative estimate of drug-likeness (QED) is 0.767. The van der Waals surface area contributed by atoms with Crippen molar-refractivity contribution >= 4 is 16.6 Å². The number of halogens is 2. The molecule has 1 aromatic heterocycles. The van der Waals surface area contributed by atoms with Gasteiger partial charge in [-0.1, -0.05) is 0 Å². The summed E-state index contributed by atoms with van der Waals surface area (Å²) in [5, 5.41) is 0.317. The highest BCUT2D eigenvalue weighted by Crippen LogP contribution is 2.43. The molecule has 28 heavy (non-hydrogen) atoms. The standard InChI is InChI=1S/C19H25F2N5O2/c1-10-13(24-8-14(18(2,3)22)19(20,21)9-24)7-6-12-15(10)25(11-4-5-11)17(28)26(23)16(12)27/h6-7,11,14H,4-5,8-9,22-23H2,1-3H3. The summed E-state index contributed by atoms with van der Waals surface area (Å²) in [7, 11) is 0. The van der Waals surface area contributed by atoms with Crippen LogP contribution in [0.1, 0.15) is 38.3 Å². The third-order valence-corrected chi connectivity index (χ3v) is 5.97. The van der Waals surface area contributed by atoms with Crippen LogP contribution >= 0.6 is 0 Å². The molecule has 0 radical (unpaired) electrons. The van der Waals surface area contributed by atoms with Gasteiger partial charge in [-0.3, -0.25) is 9.36 Å². The lowest BCUT2D eigenvalue weighted by Crippen LogP contribution is -2.49. The number of rotatable bonds is 3. The second kappa shape index (κ2) is 5.79. The minimum absolute atomic E-state index is 0.0184. The number of nitrogens with two attached hydrogens (primary N) is 2. The zero-order valence-electron chi connectivity index (χ0n) is 16.2. The van der Waals surface area contributed by atoms with E-state index in [4.69, 9.17) is 11.6 Å². The van der Waals surface area contributed by atoms with Crippen LogP contribution < -0.4 is 27.7 Å². The average molecular weight is 393 g/mol. The van der Waals surface area contributed by atoms with Crippen molar-refractivity contribution in [2.75, 3.05) is 23.8 Å². The average Bonchev–Trinajstić information content (AvgIpc) is 3.36. The van der Waals surface area contributed by atoms with Crippen molar-refractivity contribution in [3.8, 4) is 0 Å². The van der Waals surface area contributed by atoms with E-state index in [9.17, 15) is 18.4 Å². The predicted molar refractivity (Wildman–Crippen MR) is 105 cm³/mol. The number of aryl methyl sites for hydroxylation is 1. The summed E-state index contributed by atoms with van der Waals surface area (Å²) in [4.78, 5) is 26.7. The van der Waals surface area contributed by atoms with Gasteiger partial charge in [-0.25, -0.2) is 13.6 Å². The van der Waals surface area contributed by atoms with E-state index >= 15 is 0 Å². The second-order valence-electron chi connectivity index (χ2n) is 8.68. The smallest absolute Gasteiger partial charge is 0.350 e. The Bertz CT molecular complexity index is 1080. The van der Waals surface area contributed by atoms with Crippen LogP contribution in [0.3, 0.4) is 0 Å². The van der Waals surface area contributed by atoms with Crippen molar-refractivity contribution < 1.29 is 8.78 Å². The number of benzene rings is 1. The molecule has 4 N–H and O–H groups in total. The summed E-state index contributed by atoms with van der Waals surface area (Å²) in [5.74, 6) is 1.74. The monoisotopic (exact) mass is 393 g/mol. The number of nitrogens with zero attached hydrogens (tertiary/aromatic N) is 3. The van der Waals surface area contributed by atoms with Crippen molar-refractivity contribution in [1.29, 1.82) is 0 Å². The van der Waals surface area contributed by atoms with Gasteiger partial charge in [-0.15, -0.1) is 0 Å². The number of nitrogen functional groups attached to an aromatic ring is 1. The van der Waals surface area contributed by atoms with Gasteiger partial charge in [-0.2, -0.15) is 4.68 Å². The summed E-state index contributed by atoms with van der Waals surface area (Å²) in [6, 6.07) is 3.21. The van der Waals surface area contributed by atoms with Crippen molar-refractivity contribution in [2.24, 2.45) is 11.7 Å². The van der Waals surface area contributed by atoms with Gasteiger partial charge in [-0.05, 0) is 51.3 Å². The molecule has 2 aromatic rings. The fraction of sp³-hybridized carbons (Fsp3) is 0.579. The topological polar surface area (TPSA) is 99.3 Å². The first-order valence-corrected chi connectivity index (χ1v) is 9.41. The maximum atomic E-state index is 14.6. The van der Waals surface area contributed by atoms with Gasteiger partial charge in [0.05, 0.1) is 23.4 Å². The number of anilines is 1. The number of aromatic nitrogens is 2. The molecule has 7 nitrogen and oxygen atoms in total. The van der Waals surface area contributed by atoms with E-state index in [-0.39, 0.29) is 12.6 Å².